The van der Waals surface area contributed by atoms with E-state index in [0.717, 1.165) is 18.4 Å². The molecule has 0 unspecified atom stereocenters. The van der Waals surface area contributed by atoms with Crippen molar-refractivity contribution < 1.29 is 14.3 Å². The first-order valence-corrected chi connectivity index (χ1v) is 7.02. The molecule has 6 nitrogen and oxygen atoms in total. The van der Waals surface area contributed by atoms with Crippen LogP contribution in [0.25, 0.3) is 0 Å². The first-order valence-electron chi connectivity index (χ1n) is 7.02. The number of ether oxygens (including phenoxy) is 1. The summed E-state index contributed by atoms with van der Waals surface area (Å²) in [5.74, 6) is -0.417. The van der Waals surface area contributed by atoms with E-state index in [2.05, 4.69) is 10.3 Å². The molecule has 0 saturated carbocycles. The van der Waals surface area contributed by atoms with Crippen LogP contribution in [0.4, 0.5) is 0 Å². The van der Waals surface area contributed by atoms with Crippen molar-refractivity contribution in [2.75, 3.05) is 33.9 Å². The van der Waals surface area contributed by atoms with Crippen LogP contribution in [0.3, 0.4) is 0 Å². The average molecular weight is 293 g/mol. The predicted octanol–water partition coefficient (Wildman–Crippen LogP) is 0.625. The molecule has 0 radical (unpaired) electrons. The number of hydrogen-bond donors (Lipinski definition) is 1. The van der Waals surface area contributed by atoms with E-state index < -0.39 is 0 Å². The van der Waals surface area contributed by atoms with E-state index in [4.69, 9.17) is 4.74 Å². The van der Waals surface area contributed by atoms with E-state index in [1.54, 1.807) is 31.5 Å². The second-order valence-corrected chi connectivity index (χ2v) is 4.79. The van der Waals surface area contributed by atoms with Gasteiger partial charge in [0.15, 0.2) is 0 Å². The van der Waals surface area contributed by atoms with Gasteiger partial charge in [0, 0.05) is 46.2 Å². The fraction of sp³-hybridized carbons (Fsp3) is 0.533. The molecular weight excluding hydrogens is 270 g/mol. The zero-order chi connectivity index (χ0) is 15.5. The molecule has 1 aromatic rings. The highest BCUT2D eigenvalue weighted by molar-refractivity contribution is 5.96. The fourth-order valence-electron chi connectivity index (χ4n) is 1.75. The number of nitrogens with one attached hydrogen (secondary N) is 1. The van der Waals surface area contributed by atoms with Crippen LogP contribution < -0.4 is 5.32 Å². The lowest BCUT2D eigenvalue weighted by molar-refractivity contribution is -0.135. The van der Waals surface area contributed by atoms with Crippen LogP contribution >= 0.6 is 0 Å². The standard InChI is InChI=1S/C15H23N3O3/c1-18(10-6-13-4-8-16-9-5-13)15(20)12-14(19)17-7-3-11-21-2/h4-5,8-9H,3,6-7,10-12H2,1-2H3,(H,17,19). The molecule has 0 aromatic carbocycles. The summed E-state index contributed by atoms with van der Waals surface area (Å²) < 4.78 is 4.89. The van der Waals surface area contributed by atoms with Gasteiger partial charge in [-0.3, -0.25) is 14.6 Å². The van der Waals surface area contributed by atoms with Gasteiger partial charge in [-0.2, -0.15) is 0 Å². The second kappa shape index (κ2) is 9.88. The summed E-state index contributed by atoms with van der Waals surface area (Å²) in [6.45, 7) is 1.71. The second-order valence-electron chi connectivity index (χ2n) is 4.79. The Morgan fingerprint density at radius 3 is 2.71 bits per heavy atom. The van der Waals surface area contributed by atoms with Crippen LogP contribution in [-0.2, 0) is 20.7 Å². The Morgan fingerprint density at radius 2 is 2.05 bits per heavy atom. The Kier molecular flexibility index (Phi) is 8.04. The summed E-state index contributed by atoms with van der Waals surface area (Å²) in [5, 5.41) is 2.70. The topological polar surface area (TPSA) is 71.5 Å². The highest BCUT2D eigenvalue weighted by Crippen LogP contribution is 2.00. The molecule has 0 saturated heterocycles. The summed E-state index contributed by atoms with van der Waals surface area (Å²) in [5.41, 5.74) is 1.12. The quantitative estimate of drug-likeness (QED) is 0.535. The number of aromatic nitrogens is 1. The SMILES string of the molecule is COCCCNC(=O)CC(=O)N(C)CCc1ccncc1. The van der Waals surface area contributed by atoms with Gasteiger partial charge >= 0.3 is 0 Å². The molecular formula is C15H23N3O3. The monoisotopic (exact) mass is 293 g/mol. The lowest BCUT2D eigenvalue weighted by atomic mass is 10.2. The number of amides is 2. The number of likely N-dealkylation sites (N-methyl/N-ethyl adjacent to an activating group) is 1. The number of carbonyl (C=O) groups excluding carboxylic acids is 2. The van der Waals surface area contributed by atoms with Crippen LogP contribution in [0.15, 0.2) is 24.5 Å². The minimum absolute atomic E-state index is 0.111. The van der Waals surface area contributed by atoms with Gasteiger partial charge in [-0.1, -0.05) is 0 Å². The van der Waals surface area contributed by atoms with Crippen molar-refractivity contribution in [2.45, 2.75) is 19.3 Å². The minimum Gasteiger partial charge on any atom is -0.385 e. The molecule has 1 N–H and O–H groups in total. The molecule has 0 fully saturated rings. The van der Waals surface area contributed by atoms with Crippen molar-refractivity contribution in [1.82, 2.24) is 15.2 Å². The molecule has 0 aliphatic rings. The molecule has 0 aliphatic carbocycles. The number of nitrogens with zero attached hydrogens (tertiary/aromatic N) is 2. The molecule has 1 rings (SSSR count). The van der Waals surface area contributed by atoms with Crippen LogP contribution in [0.2, 0.25) is 0 Å². The predicted molar refractivity (Wildman–Crippen MR) is 79.7 cm³/mol. The van der Waals surface area contributed by atoms with Gasteiger partial charge in [0.1, 0.15) is 6.42 Å². The molecule has 116 valence electrons. The lowest BCUT2D eigenvalue weighted by Crippen LogP contribution is -2.34. The third-order valence-corrected chi connectivity index (χ3v) is 3.07. The van der Waals surface area contributed by atoms with Crippen LogP contribution in [0.5, 0.6) is 0 Å². The smallest absolute Gasteiger partial charge is 0.231 e. The first-order chi connectivity index (χ1) is 10.1. The first kappa shape index (κ1) is 17.1. The number of rotatable bonds is 9. The van der Waals surface area contributed by atoms with Gasteiger partial charge < -0.3 is 15.0 Å². The van der Waals surface area contributed by atoms with Gasteiger partial charge in [0.05, 0.1) is 0 Å². The summed E-state index contributed by atoms with van der Waals surface area (Å²) in [4.78, 5) is 29.0. The third kappa shape index (κ3) is 7.41. The summed E-state index contributed by atoms with van der Waals surface area (Å²) in [6, 6.07) is 3.83. The van der Waals surface area contributed by atoms with Crippen LogP contribution in [0, 0.1) is 0 Å². The normalized spacial score (nSPS) is 10.2. The molecule has 2 amide bonds. The summed E-state index contributed by atoms with van der Waals surface area (Å²) >= 11 is 0. The zero-order valence-electron chi connectivity index (χ0n) is 12.7. The molecule has 6 heteroatoms. The van der Waals surface area contributed by atoms with Gasteiger partial charge in [-0.15, -0.1) is 0 Å². The maximum absolute atomic E-state index is 11.9. The largest absolute Gasteiger partial charge is 0.385 e. The number of hydrogen-bond acceptors (Lipinski definition) is 4. The average Bonchev–Trinajstić information content (AvgIpc) is 2.50. The minimum atomic E-state index is -0.244. The van der Waals surface area contributed by atoms with E-state index in [0.29, 0.717) is 19.7 Å². The number of methoxy groups -OCH3 is 1. The Hall–Kier alpha value is -1.95. The van der Waals surface area contributed by atoms with Crippen molar-refractivity contribution in [3.05, 3.63) is 30.1 Å². The highest BCUT2D eigenvalue weighted by Gasteiger charge is 2.13. The van der Waals surface area contributed by atoms with Crippen molar-refractivity contribution in [2.24, 2.45) is 0 Å². The van der Waals surface area contributed by atoms with E-state index in [9.17, 15) is 9.59 Å². The van der Waals surface area contributed by atoms with Crippen molar-refractivity contribution in [3.8, 4) is 0 Å². The zero-order valence-corrected chi connectivity index (χ0v) is 12.7. The Balaban J connectivity index is 2.22. The third-order valence-electron chi connectivity index (χ3n) is 3.07. The summed E-state index contributed by atoms with van der Waals surface area (Å²) in [7, 11) is 3.32. The molecule has 0 aliphatic heterocycles. The van der Waals surface area contributed by atoms with Crippen LogP contribution in [0.1, 0.15) is 18.4 Å². The van der Waals surface area contributed by atoms with Gasteiger partial charge in [-0.25, -0.2) is 0 Å². The van der Waals surface area contributed by atoms with Crippen molar-refractivity contribution in [1.29, 1.82) is 0 Å². The van der Waals surface area contributed by atoms with Gasteiger partial charge in [0.25, 0.3) is 0 Å². The fourth-order valence-corrected chi connectivity index (χ4v) is 1.75. The maximum Gasteiger partial charge on any atom is 0.231 e. The van der Waals surface area contributed by atoms with E-state index >= 15 is 0 Å². The van der Waals surface area contributed by atoms with Gasteiger partial charge in [-0.05, 0) is 30.5 Å². The Labute approximate surface area is 125 Å². The Morgan fingerprint density at radius 1 is 1.33 bits per heavy atom. The molecule has 0 spiro atoms. The molecule has 0 atom stereocenters. The molecule has 21 heavy (non-hydrogen) atoms. The van der Waals surface area contributed by atoms with E-state index in [-0.39, 0.29) is 18.2 Å². The van der Waals surface area contributed by atoms with Gasteiger partial charge in [0.2, 0.25) is 11.8 Å². The number of pyridine rings is 1. The lowest BCUT2D eigenvalue weighted by Gasteiger charge is -2.17. The molecule has 1 heterocycles. The van der Waals surface area contributed by atoms with E-state index in [1.165, 1.54) is 0 Å². The highest BCUT2D eigenvalue weighted by atomic mass is 16.5. The van der Waals surface area contributed by atoms with Crippen molar-refractivity contribution in [3.63, 3.8) is 0 Å². The summed E-state index contributed by atoms with van der Waals surface area (Å²) in [6.07, 6.45) is 4.84. The molecule has 1 aromatic heterocycles. The van der Waals surface area contributed by atoms with Crippen molar-refractivity contribution >= 4 is 11.8 Å². The van der Waals surface area contributed by atoms with Crippen LogP contribution in [-0.4, -0.2) is 55.6 Å². The maximum atomic E-state index is 11.9. The Bertz CT molecular complexity index is 437. The van der Waals surface area contributed by atoms with E-state index in [1.807, 2.05) is 12.1 Å². The number of carbonyl (C=O) groups is 2. The molecule has 0 bridgehead atoms.